The van der Waals surface area contributed by atoms with Crippen LogP contribution in [0.4, 0.5) is 0 Å². The van der Waals surface area contributed by atoms with Crippen LogP contribution in [0.5, 0.6) is 5.75 Å². The molecule has 0 radical (unpaired) electrons. The van der Waals surface area contributed by atoms with E-state index in [1.54, 1.807) is 26.0 Å². The van der Waals surface area contributed by atoms with Crippen LogP contribution < -0.4 is 5.32 Å². The number of aliphatic carboxylic acids is 1. The van der Waals surface area contributed by atoms with Crippen LogP contribution in [0, 0.1) is 0 Å². The molecule has 0 bridgehead atoms. The fraction of sp³-hybridized carbons (Fsp3) is 0.438. The molecule has 2 aliphatic rings. The fourth-order valence-electron chi connectivity index (χ4n) is 3.17. The van der Waals surface area contributed by atoms with E-state index >= 15 is 0 Å². The number of fused-ring (bicyclic) bond motifs is 1. The van der Waals surface area contributed by atoms with Gasteiger partial charge in [0.25, 0.3) is 0 Å². The predicted molar refractivity (Wildman–Crippen MR) is 87.5 cm³/mol. The average Bonchev–Trinajstić information content (AvgIpc) is 2.76. The summed E-state index contributed by atoms with van der Waals surface area (Å²) < 4.78 is -0.609. The SMILES string of the molecule is CC1(C)SC2[C@@H](NC(=O)Cc3ccc(O)cc3)C(=O)N2[C@@H]1C(=O)O. The first kappa shape index (κ1) is 16.6. The number of nitrogens with zero attached hydrogens (tertiary/aromatic N) is 1. The van der Waals surface area contributed by atoms with E-state index in [1.807, 2.05) is 0 Å². The summed E-state index contributed by atoms with van der Waals surface area (Å²) in [6.45, 7) is 3.58. The van der Waals surface area contributed by atoms with E-state index < -0.39 is 22.8 Å². The lowest BCUT2D eigenvalue weighted by atomic mass is 9.96. The molecule has 24 heavy (non-hydrogen) atoms. The standard InChI is InChI=1S/C16H18N2O5S/c1-16(2)12(15(22)23)18-13(21)11(14(18)24-16)17-10(20)7-8-3-5-9(19)6-4-8/h3-6,11-12,14,19H,7H2,1-2H3,(H,17,20)(H,22,23)/t11-,12+,14?/m0/s1. The molecule has 2 saturated heterocycles. The van der Waals surface area contributed by atoms with Gasteiger partial charge < -0.3 is 20.4 Å². The first-order chi connectivity index (χ1) is 11.2. The zero-order chi connectivity index (χ0) is 17.6. The summed E-state index contributed by atoms with van der Waals surface area (Å²) in [5, 5.41) is 20.9. The summed E-state index contributed by atoms with van der Waals surface area (Å²) in [6.07, 6.45) is 0.0905. The third kappa shape index (κ3) is 2.71. The van der Waals surface area contributed by atoms with Gasteiger partial charge in [0.2, 0.25) is 11.8 Å². The molecule has 3 atom stereocenters. The van der Waals surface area contributed by atoms with Gasteiger partial charge in [-0.1, -0.05) is 12.1 Å². The van der Waals surface area contributed by atoms with Crippen LogP contribution in [0.1, 0.15) is 19.4 Å². The molecule has 1 unspecified atom stereocenters. The van der Waals surface area contributed by atoms with Crippen molar-refractivity contribution in [1.29, 1.82) is 0 Å². The number of hydrogen-bond donors (Lipinski definition) is 3. The molecule has 0 aromatic heterocycles. The van der Waals surface area contributed by atoms with Gasteiger partial charge in [-0.05, 0) is 31.5 Å². The number of nitrogens with one attached hydrogen (secondary N) is 1. The Morgan fingerprint density at radius 3 is 2.50 bits per heavy atom. The predicted octanol–water partition coefficient (Wildman–Crippen LogP) is 0.566. The average molecular weight is 350 g/mol. The summed E-state index contributed by atoms with van der Waals surface area (Å²) in [4.78, 5) is 37.2. The molecule has 128 valence electrons. The minimum atomic E-state index is -1.03. The molecular weight excluding hydrogens is 332 g/mol. The number of benzene rings is 1. The summed E-state index contributed by atoms with van der Waals surface area (Å²) in [7, 11) is 0. The second-order valence-corrected chi connectivity index (χ2v) is 8.26. The normalized spacial score (nSPS) is 27.3. The highest BCUT2D eigenvalue weighted by molar-refractivity contribution is 8.01. The fourth-order valence-corrected chi connectivity index (χ4v) is 4.79. The number of carbonyl (C=O) groups is 3. The summed E-state index contributed by atoms with van der Waals surface area (Å²) in [5.41, 5.74) is 0.719. The zero-order valence-corrected chi connectivity index (χ0v) is 14.0. The van der Waals surface area contributed by atoms with Crippen molar-refractivity contribution in [2.75, 3.05) is 0 Å². The maximum atomic E-state index is 12.3. The number of amides is 2. The minimum Gasteiger partial charge on any atom is -0.508 e. The number of carboxylic acids is 1. The second-order valence-electron chi connectivity index (χ2n) is 6.49. The quantitative estimate of drug-likeness (QED) is 0.685. The van der Waals surface area contributed by atoms with Gasteiger partial charge in [0.15, 0.2) is 0 Å². The van der Waals surface area contributed by atoms with Crippen molar-refractivity contribution in [3.63, 3.8) is 0 Å². The summed E-state index contributed by atoms with van der Waals surface area (Å²) in [5.74, 6) is -1.58. The van der Waals surface area contributed by atoms with Gasteiger partial charge in [-0.25, -0.2) is 4.79 Å². The lowest BCUT2D eigenvalue weighted by Gasteiger charge is -2.43. The molecule has 7 nitrogen and oxygen atoms in total. The van der Waals surface area contributed by atoms with Crippen molar-refractivity contribution in [3.05, 3.63) is 29.8 Å². The third-order valence-electron chi connectivity index (χ3n) is 4.29. The van der Waals surface area contributed by atoms with Crippen molar-refractivity contribution in [3.8, 4) is 5.75 Å². The highest BCUT2D eigenvalue weighted by Crippen LogP contribution is 2.50. The Morgan fingerprint density at radius 1 is 1.29 bits per heavy atom. The second kappa shape index (κ2) is 5.70. The Bertz CT molecular complexity index is 703. The van der Waals surface area contributed by atoms with E-state index in [1.165, 1.54) is 28.8 Å². The number of thioether (sulfide) groups is 1. The molecule has 2 aliphatic heterocycles. The number of aromatic hydroxyl groups is 1. The zero-order valence-electron chi connectivity index (χ0n) is 13.2. The molecule has 1 aromatic rings. The molecule has 2 amide bonds. The van der Waals surface area contributed by atoms with Crippen LogP contribution in [-0.4, -0.2) is 55.1 Å². The van der Waals surface area contributed by atoms with Gasteiger partial charge in [-0.15, -0.1) is 11.8 Å². The van der Waals surface area contributed by atoms with E-state index in [-0.39, 0.29) is 29.4 Å². The highest BCUT2D eigenvalue weighted by atomic mass is 32.2. The van der Waals surface area contributed by atoms with Crippen molar-refractivity contribution < 1.29 is 24.6 Å². The minimum absolute atomic E-state index is 0.0905. The lowest BCUT2D eigenvalue weighted by molar-refractivity contribution is -0.161. The molecule has 0 aliphatic carbocycles. The van der Waals surface area contributed by atoms with Crippen LogP contribution in [-0.2, 0) is 20.8 Å². The summed E-state index contributed by atoms with van der Waals surface area (Å²) in [6, 6.07) is 4.68. The van der Waals surface area contributed by atoms with E-state index in [2.05, 4.69) is 5.32 Å². The van der Waals surface area contributed by atoms with E-state index in [0.29, 0.717) is 0 Å². The topological polar surface area (TPSA) is 107 Å². The highest BCUT2D eigenvalue weighted by Gasteiger charge is 2.64. The number of phenolic OH excluding ortho intramolecular Hbond substituents is 1. The van der Waals surface area contributed by atoms with Crippen LogP contribution in [0.2, 0.25) is 0 Å². The van der Waals surface area contributed by atoms with E-state index in [4.69, 9.17) is 0 Å². The van der Waals surface area contributed by atoms with Crippen LogP contribution >= 0.6 is 11.8 Å². The van der Waals surface area contributed by atoms with Crippen LogP contribution in [0.25, 0.3) is 0 Å². The smallest absolute Gasteiger partial charge is 0.327 e. The molecule has 1 aromatic carbocycles. The largest absolute Gasteiger partial charge is 0.508 e. The van der Waals surface area contributed by atoms with E-state index in [0.717, 1.165) is 5.56 Å². The van der Waals surface area contributed by atoms with Gasteiger partial charge >= 0.3 is 5.97 Å². The molecule has 3 rings (SSSR count). The summed E-state index contributed by atoms with van der Waals surface area (Å²) >= 11 is 1.39. The molecule has 3 N–H and O–H groups in total. The Hall–Kier alpha value is -2.22. The monoisotopic (exact) mass is 350 g/mol. The van der Waals surface area contributed by atoms with E-state index in [9.17, 15) is 24.6 Å². The van der Waals surface area contributed by atoms with Gasteiger partial charge in [0.05, 0.1) is 6.42 Å². The number of β-lactam (4-membered cyclic amide) rings is 1. The Labute approximate surface area is 143 Å². The maximum Gasteiger partial charge on any atom is 0.327 e. The van der Waals surface area contributed by atoms with Gasteiger partial charge in [0.1, 0.15) is 23.2 Å². The number of rotatable bonds is 4. The van der Waals surface area contributed by atoms with Crippen molar-refractivity contribution in [1.82, 2.24) is 10.2 Å². The van der Waals surface area contributed by atoms with Gasteiger partial charge in [0, 0.05) is 4.75 Å². The Balaban J connectivity index is 1.65. The van der Waals surface area contributed by atoms with Crippen LogP contribution in [0.15, 0.2) is 24.3 Å². The lowest BCUT2D eigenvalue weighted by Crippen LogP contribution is -2.70. The van der Waals surface area contributed by atoms with Gasteiger partial charge in [-0.3, -0.25) is 9.59 Å². The number of hydrogen-bond acceptors (Lipinski definition) is 5. The number of carboxylic acid groups (broad SMARTS) is 1. The molecule has 0 saturated carbocycles. The third-order valence-corrected chi connectivity index (χ3v) is 5.86. The molecule has 8 heteroatoms. The van der Waals surface area contributed by atoms with Crippen molar-refractivity contribution >= 4 is 29.5 Å². The molecule has 0 spiro atoms. The number of phenols is 1. The van der Waals surface area contributed by atoms with Crippen molar-refractivity contribution in [2.24, 2.45) is 0 Å². The Morgan fingerprint density at radius 2 is 1.92 bits per heavy atom. The molecule has 2 heterocycles. The Kier molecular flexibility index (Phi) is 3.95. The number of carbonyl (C=O) groups excluding carboxylic acids is 2. The first-order valence-electron chi connectivity index (χ1n) is 7.51. The van der Waals surface area contributed by atoms with Crippen molar-refractivity contribution in [2.45, 2.75) is 42.5 Å². The maximum absolute atomic E-state index is 12.3. The van der Waals surface area contributed by atoms with Crippen LogP contribution in [0.3, 0.4) is 0 Å². The van der Waals surface area contributed by atoms with Gasteiger partial charge in [-0.2, -0.15) is 0 Å². The molecular formula is C16H18N2O5S. The first-order valence-corrected chi connectivity index (χ1v) is 8.39. The molecule has 2 fully saturated rings.